The highest BCUT2D eigenvalue weighted by Gasteiger charge is 2.12. The SMILES string of the molecule is CCOC(=O)c1ccncc1NCc1ccco1. The fraction of sp³-hybridized carbons (Fsp3) is 0.231. The second kappa shape index (κ2) is 5.86. The Morgan fingerprint density at radius 2 is 2.39 bits per heavy atom. The molecule has 1 N–H and O–H groups in total. The monoisotopic (exact) mass is 246 g/mol. The number of carbonyl (C=O) groups excluding carboxylic acids is 1. The fourth-order valence-corrected chi connectivity index (χ4v) is 1.52. The van der Waals surface area contributed by atoms with Crippen LogP contribution in [0.15, 0.2) is 41.3 Å². The zero-order valence-electron chi connectivity index (χ0n) is 10.1. The first-order valence-corrected chi connectivity index (χ1v) is 5.68. The Morgan fingerprint density at radius 1 is 1.50 bits per heavy atom. The zero-order valence-corrected chi connectivity index (χ0v) is 10.1. The number of rotatable bonds is 5. The first-order valence-electron chi connectivity index (χ1n) is 5.68. The average molecular weight is 246 g/mol. The van der Waals surface area contributed by atoms with Gasteiger partial charge in [-0.1, -0.05) is 0 Å². The number of anilines is 1. The second-order valence-corrected chi connectivity index (χ2v) is 3.57. The van der Waals surface area contributed by atoms with Crippen molar-refractivity contribution in [2.24, 2.45) is 0 Å². The molecule has 0 spiro atoms. The normalized spacial score (nSPS) is 10.1. The van der Waals surface area contributed by atoms with Crippen molar-refractivity contribution in [2.75, 3.05) is 11.9 Å². The minimum atomic E-state index is -0.359. The summed E-state index contributed by atoms with van der Waals surface area (Å²) in [6.07, 6.45) is 4.76. The third-order valence-corrected chi connectivity index (χ3v) is 2.35. The van der Waals surface area contributed by atoms with Crippen LogP contribution in [0.4, 0.5) is 5.69 Å². The van der Waals surface area contributed by atoms with Gasteiger partial charge in [-0.05, 0) is 25.1 Å². The van der Waals surface area contributed by atoms with Crippen molar-refractivity contribution in [1.29, 1.82) is 0 Å². The van der Waals surface area contributed by atoms with E-state index < -0.39 is 0 Å². The van der Waals surface area contributed by atoms with Gasteiger partial charge in [0.2, 0.25) is 0 Å². The van der Waals surface area contributed by atoms with Gasteiger partial charge in [-0.15, -0.1) is 0 Å². The van der Waals surface area contributed by atoms with Gasteiger partial charge in [0.15, 0.2) is 0 Å². The molecule has 18 heavy (non-hydrogen) atoms. The third-order valence-electron chi connectivity index (χ3n) is 2.35. The molecule has 0 atom stereocenters. The van der Waals surface area contributed by atoms with E-state index in [9.17, 15) is 4.79 Å². The van der Waals surface area contributed by atoms with Crippen LogP contribution in [-0.4, -0.2) is 17.6 Å². The van der Waals surface area contributed by atoms with E-state index in [0.717, 1.165) is 5.76 Å². The number of ether oxygens (including phenoxy) is 1. The van der Waals surface area contributed by atoms with Crippen molar-refractivity contribution < 1.29 is 13.9 Å². The van der Waals surface area contributed by atoms with Crippen molar-refractivity contribution in [3.05, 3.63) is 48.2 Å². The topological polar surface area (TPSA) is 64.4 Å². The average Bonchev–Trinajstić information content (AvgIpc) is 2.90. The molecule has 0 unspecified atom stereocenters. The van der Waals surface area contributed by atoms with Crippen LogP contribution in [0.1, 0.15) is 23.0 Å². The molecule has 0 saturated heterocycles. The lowest BCUT2D eigenvalue weighted by molar-refractivity contribution is 0.0527. The molecule has 0 aromatic carbocycles. The van der Waals surface area contributed by atoms with Crippen LogP contribution in [-0.2, 0) is 11.3 Å². The standard InChI is InChI=1S/C13H14N2O3/c1-2-17-13(16)11-5-6-14-9-12(11)15-8-10-4-3-7-18-10/h3-7,9,15H,2,8H2,1H3. The van der Waals surface area contributed by atoms with E-state index in [0.29, 0.717) is 24.4 Å². The van der Waals surface area contributed by atoms with E-state index in [1.54, 1.807) is 31.6 Å². The Labute approximate surface area is 105 Å². The second-order valence-electron chi connectivity index (χ2n) is 3.57. The van der Waals surface area contributed by atoms with Crippen LogP contribution in [0.2, 0.25) is 0 Å². The lowest BCUT2D eigenvalue weighted by atomic mass is 10.2. The molecule has 2 heterocycles. The largest absolute Gasteiger partial charge is 0.467 e. The van der Waals surface area contributed by atoms with Crippen molar-refractivity contribution in [1.82, 2.24) is 4.98 Å². The van der Waals surface area contributed by atoms with Gasteiger partial charge < -0.3 is 14.5 Å². The number of aromatic nitrogens is 1. The fourth-order valence-electron chi connectivity index (χ4n) is 1.52. The summed E-state index contributed by atoms with van der Waals surface area (Å²) in [6, 6.07) is 5.29. The number of esters is 1. The Kier molecular flexibility index (Phi) is 3.96. The number of pyridine rings is 1. The van der Waals surface area contributed by atoms with Crippen molar-refractivity contribution in [3.8, 4) is 0 Å². The van der Waals surface area contributed by atoms with Gasteiger partial charge in [0.25, 0.3) is 0 Å². The van der Waals surface area contributed by atoms with Gasteiger partial charge in [0.05, 0.1) is 36.9 Å². The van der Waals surface area contributed by atoms with Gasteiger partial charge in [0.1, 0.15) is 5.76 Å². The summed E-state index contributed by atoms with van der Waals surface area (Å²) in [5, 5.41) is 3.10. The minimum absolute atomic E-state index is 0.346. The van der Waals surface area contributed by atoms with Crippen LogP contribution in [0.3, 0.4) is 0 Å². The molecule has 0 aliphatic carbocycles. The Bertz CT molecular complexity index is 509. The van der Waals surface area contributed by atoms with Gasteiger partial charge in [-0.2, -0.15) is 0 Å². The number of hydrogen-bond acceptors (Lipinski definition) is 5. The molecule has 2 aromatic rings. The van der Waals surface area contributed by atoms with E-state index in [2.05, 4.69) is 10.3 Å². The molecule has 5 heteroatoms. The van der Waals surface area contributed by atoms with Crippen molar-refractivity contribution in [2.45, 2.75) is 13.5 Å². The predicted molar refractivity (Wildman–Crippen MR) is 66.2 cm³/mol. The predicted octanol–water partition coefficient (Wildman–Crippen LogP) is 2.46. The zero-order chi connectivity index (χ0) is 12.8. The molecule has 0 fully saturated rings. The van der Waals surface area contributed by atoms with Crippen LogP contribution >= 0.6 is 0 Å². The molecular weight excluding hydrogens is 232 g/mol. The maximum atomic E-state index is 11.7. The summed E-state index contributed by atoms with van der Waals surface area (Å²) >= 11 is 0. The molecular formula is C13H14N2O3. The highest BCUT2D eigenvalue weighted by molar-refractivity contribution is 5.95. The summed E-state index contributed by atoms with van der Waals surface area (Å²) in [5.74, 6) is 0.426. The molecule has 0 bridgehead atoms. The Hall–Kier alpha value is -2.30. The molecule has 0 aliphatic heterocycles. The van der Waals surface area contributed by atoms with E-state index >= 15 is 0 Å². The van der Waals surface area contributed by atoms with Crippen LogP contribution in [0.5, 0.6) is 0 Å². The molecule has 94 valence electrons. The molecule has 2 aromatic heterocycles. The summed E-state index contributed by atoms with van der Waals surface area (Å²) in [7, 11) is 0. The number of carbonyl (C=O) groups is 1. The maximum absolute atomic E-state index is 11.7. The van der Waals surface area contributed by atoms with Gasteiger partial charge in [-0.25, -0.2) is 4.79 Å². The van der Waals surface area contributed by atoms with Crippen LogP contribution in [0.25, 0.3) is 0 Å². The highest BCUT2D eigenvalue weighted by atomic mass is 16.5. The Morgan fingerprint density at radius 3 is 3.11 bits per heavy atom. The number of furan rings is 1. The number of nitrogens with one attached hydrogen (secondary N) is 1. The quantitative estimate of drug-likeness (QED) is 0.821. The highest BCUT2D eigenvalue weighted by Crippen LogP contribution is 2.16. The minimum Gasteiger partial charge on any atom is -0.467 e. The number of hydrogen-bond donors (Lipinski definition) is 1. The van der Waals surface area contributed by atoms with Crippen molar-refractivity contribution >= 4 is 11.7 Å². The smallest absolute Gasteiger partial charge is 0.340 e. The lowest BCUT2D eigenvalue weighted by Gasteiger charge is -2.09. The molecule has 0 amide bonds. The molecule has 2 rings (SSSR count). The summed E-state index contributed by atoms with van der Waals surface area (Å²) < 4.78 is 10.2. The van der Waals surface area contributed by atoms with Crippen LogP contribution in [0, 0.1) is 0 Å². The van der Waals surface area contributed by atoms with Gasteiger partial charge in [0, 0.05) is 6.20 Å². The number of nitrogens with zero attached hydrogens (tertiary/aromatic N) is 1. The van der Waals surface area contributed by atoms with E-state index in [1.807, 2.05) is 12.1 Å². The van der Waals surface area contributed by atoms with Crippen LogP contribution < -0.4 is 5.32 Å². The van der Waals surface area contributed by atoms with E-state index in [-0.39, 0.29) is 5.97 Å². The first-order chi connectivity index (χ1) is 8.81. The lowest BCUT2D eigenvalue weighted by Crippen LogP contribution is -2.10. The summed E-state index contributed by atoms with van der Waals surface area (Å²) in [4.78, 5) is 15.7. The van der Waals surface area contributed by atoms with Gasteiger partial charge >= 0.3 is 5.97 Å². The van der Waals surface area contributed by atoms with Gasteiger partial charge in [-0.3, -0.25) is 4.98 Å². The maximum Gasteiger partial charge on any atom is 0.340 e. The summed E-state index contributed by atoms with van der Waals surface area (Å²) in [6.45, 7) is 2.61. The Balaban J connectivity index is 2.09. The van der Waals surface area contributed by atoms with E-state index in [4.69, 9.17) is 9.15 Å². The molecule has 5 nitrogen and oxygen atoms in total. The molecule has 0 aliphatic rings. The molecule has 0 radical (unpaired) electrons. The summed E-state index contributed by atoms with van der Waals surface area (Å²) in [5.41, 5.74) is 1.10. The van der Waals surface area contributed by atoms with E-state index in [1.165, 1.54) is 0 Å². The van der Waals surface area contributed by atoms with Crippen molar-refractivity contribution in [3.63, 3.8) is 0 Å². The molecule has 0 saturated carbocycles. The first kappa shape index (κ1) is 12.2. The third kappa shape index (κ3) is 2.88.